The normalized spacial score (nSPS) is 9.50. The van der Waals surface area contributed by atoms with Gasteiger partial charge in [-0.2, -0.15) is 0 Å². The Balaban J connectivity index is 2.89. The van der Waals surface area contributed by atoms with Crippen LogP contribution in [0.5, 0.6) is 5.75 Å². The van der Waals surface area contributed by atoms with E-state index in [4.69, 9.17) is 4.74 Å². The summed E-state index contributed by atoms with van der Waals surface area (Å²) < 4.78 is 4.89. The molecule has 0 aliphatic rings. The Morgan fingerprint density at radius 1 is 1.79 bits per heavy atom. The number of anilines is 1. The van der Waals surface area contributed by atoms with Crippen molar-refractivity contribution in [3.8, 4) is 5.75 Å². The Labute approximate surface area is 78.0 Å². The third-order valence-corrected chi connectivity index (χ3v) is 1.26. The number of nitro groups is 1. The maximum atomic E-state index is 11.1. The van der Waals surface area contributed by atoms with Crippen LogP contribution in [0.15, 0.2) is 11.0 Å². The molecule has 76 valence electrons. The van der Waals surface area contributed by atoms with Gasteiger partial charge in [-0.05, 0) is 6.92 Å². The maximum Gasteiger partial charge on any atom is 0.294 e. The Hall–Kier alpha value is -2.12. The van der Waals surface area contributed by atoms with E-state index in [1.165, 1.54) is 0 Å². The molecule has 2 N–H and O–H groups in total. The van der Waals surface area contributed by atoms with E-state index >= 15 is 0 Å². The van der Waals surface area contributed by atoms with Crippen LogP contribution in [0.25, 0.3) is 0 Å². The van der Waals surface area contributed by atoms with Crippen molar-refractivity contribution in [2.45, 2.75) is 6.92 Å². The van der Waals surface area contributed by atoms with E-state index in [-0.39, 0.29) is 11.7 Å². The fraction of sp³-hybridized carbons (Fsp3) is 0.333. The molecule has 1 aromatic heterocycles. The predicted octanol–water partition coefficient (Wildman–Crippen LogP) is -0.228. The van der Waals surface area contributed by atoms with E-state index in [1.54, 1.807) is 12.3 Å². The van der Waals surface area contributed by atoms with Gasteiger partial charge in [0.15, 0.2) is 5.03 Å². The first kappa shape index (κ1) is 9.96. The molecule has 0 spiro atoms. The number of H-pyrrole nitrogens is 1. The van der Waals surface area contributed by atoms with Gasteiger partial charge in [0, 0.05) is 0 Å². The van der Waals surface area contributed by atoms with Gasteiger partial charge in [0.05, 0.1) is 12.8 Å². The van der Waals surface area contributed by atoms with Gasteiger partial charge in [0.1, 0.15) is 0 Å². The molecule has 0 amide bonds. The minimum absolute atomic E-state index is 0.0291. The molecule has 0 atom stereocenters. The van der Waals surface area contributed by atoms with Gasteiger partial charge < -0.3 is 4.74 Å². The predicted molar refractivity (Wildman–Crippen MR) is 46.6 cm³/mol. The molecular weight excluding hydrogens is 192 g/mol. The summed E-state index contributed by atoms with van der Waals surface area (Å²) in [5, 5.41) is 9.17. The zero-order valence-electron chi connectivity index (χ0n) is 7.31. The van der Waals surface area contributed by atoms with Gasteiger partial charge in [-0.25, -0.2) is 15.1 Å². The van der Waals surface area contributed by atoms with Crippen molar-refractivity contribution in [2.75, 3.05) is 12.0 Å². The highest BCUT2D eigenvalue weighted by atomic mass is 16.7. The smallest absolute Gasteiger partial charge is 0.294 e. The van der Waals surface area contributed by atoms with Crippen LogP contribution in [0.1, 0.15) is 6.92 Å². The summed E-state index contributed by atoms with van der Waals surface area (Å²) in [4.78, 5) is 26.8. The molecule has 1 rings (SSSR count). The molecule has 0 bridgehead atoms. The summed E-state index contributed by atoms with van der Waals surface area (Å²) in [5.41, 5.74) is 1.15. The topological polar surface area (TPSA) is 110 Å². The minimum Gasteiger partial charge on any atom is -0.487 e. The summed E-state index contributed by atoms with van der Waals surface area (Å²) in [5.74, 6) is -0.204. The van der Waals surface area contributed by atoms with Crippen molar-refractivity contribution < 1.29 is 9.77 Å². The van der Waals surface area contributed by atoms with E-state index in [0.717, 1.165) is 6.20 Å². The van der Waals surface area contributed by atoms with Crippen molar-refractivity contribution in [3.63, 3.8) is 0 Å². The summed E-state index contributed by atoms with van der Waals surface area (Å²) >= 11 is 0. The monoisotopic (exact) mass is 200 g/mol. The molecule has 0 aliphatic carbocycles. The highest BCUT2D eigenvalue weighted by Crippen LogP contribution is 2.01. The Morgan fingerprint density at radius 2 is 2.50 bits per heavy atom. The molecular formula is C6H8N4O4. The number of aromatic nitrogens is 2. The number of aromatic amines is 1. The molecule has 0 aliphatic heterocycles. The van der Waals surface area contributed by atoms with Crippen LogP contribution in [0.4, 0.5) is 5.95 Å². The van der Waals surface area contributed by atoms with Crippen molar-refractivity contribution in [3.05, 3.63) is 26.7 Å². The van der Waals surface area contributed by atoms with Crippen LogP contribution in [0.3, 0.4) is 0 Å². The zero-order valence-corrected chi connectivity index (χ0v) is 7.31. The molecule has 8 nitrogen and oxygen atoms in total. The number of hydrazine groups is 1. The third-order valence-electron chi connectivity index (χ3n) is 1.26. The number of hydrogen-bond acceptors (Lipinski definition) is 5. The number of ether oxygens (including phenoxy) is 1. The van der Waals surface area contributed by atoms with Gasteiger partial charge in [0.2, 0.25) is 5.75 Å². The number of nitrogens with zero attached hydrogens (tertiary/aromatic N) is 2. The second-order valence-electron chi connectivity index (χ2n) is 2.23. The molecule has 8 heteroatoms. The second-order valence-corrected chi connectivity index (χ2v) is 2.23. The van der Waals surface area contributed by atoms with Crippen molar-refractivity contribution in [1.82, 2.24) is 9.97 Å². The summed E-state index contributed by atoms with van der Waals surface area (Å²) in [7, 11) is 0. The largest absolute Gasteiger partial charge is 0.487 e. The van der Waals surface area contributed by atoms with Gasteiger partial charge in [-0.1, -0.05) is 5.43 Å². The lowest BCUT2D eigenvalue weighted by Gasteiger charge is -2.00. The zero-order chi connectivity index (χ0) is 10.6. The molecule has 1 aromatic rings. The van der Waals surface area contributed by atoms with Crippen molar-refractivity contribution in [1.29, 1.82) is 0 Å². The van der Waals surface area contributed by atoms with Gasteiger partial charge in [-0.15, -0.1) is 0 Å². The van der Waals surface area contributed by atoms with Crippen LogP contribution in [0.2, 0.25) is 0 Å². The highest BCUT2D eigenvalue weighted by Gasteiger charge is 2.05. The fourth-order valence-electron chi connectivity index (χ4n) is 0.785. The first-order valence-electron chi connectivity index (χ1n) is 3.76. The first-order valence-corrected chi connectivity index (χ1v) is 3.76. The van der Waals surface area contributed by atoms with E-state index in [9.17, 15) is 14.9 Å². The molecule has 0 fully saturated rings. The van der Waals surface area contributed by atoms with Crippen LogP contribution < -0.4 is 15.7 Å². The molecule has 0 aromatic carbocycles. The maximum absolute atomic E-state index is 11.1. The molecule has 0 radical (unpaired) electrons. The van der Waals surface area contributed by atoms with E-state index < -0.39 is 10.6 Å². The summed E-state index contributed by atoms with van der Waals surface area (Å²) in [6, 6.07) is 0. The Kier molecular flexibility index (Phi) is 3.00. The molecule has 14 heavy (non-hydrogen) atoms. The lowest BCUT2D eigenvalue weighted by atomic mass is 10.6. The van der Waals surface area contributed by atoms with E-state index in [0.29, 0.717) is 6.61 Å². The van der Waals surface area contributed by atoms with Crippen molar-refractivity contribution in [2.24, 2.45) is 0 Å². The van der Waals surface area contributed by atoms with Crippen LogP contribution in [-0.4, -0.2) is 21.6 Å². The lowest BCUT2D eigenvalue weighted by Crippen LogP contribution is -2.18. The SMILES string of the molecule is CCOc1cnc(N[N+](=O)[O-])[nH]c1=O. The summed E-state index contributed by atoms with van der Waals surface area (Å²) in [6.45, 7) is 2.04. The number of hydrogen-bond donors (Lipinski definition) is 2. The van der Waals surface area contributed by atoms with E-state index in [2.05, 4.69) is 9.97 Å². The standard InChI is InChI=1S/C6H8N4O4/c1-2-14-4-3-7-6(8-5(4)11)9-10(12)13/h3H,2H2,1H3,(H2,7,8,9,11). The first-order chi connectivity index (χ1) is 6.63. The van der Waals surface area contributed by atoms with Gasteiger partial charge in [0.25, 0.3) is 11.5 Å². The van der Waals surface area contributed by atoms with Gasteiger partial charge in [-0.3, -0.25) is 9.78 Å². The lowest BCUT2D eigenvalue weighted by molar-refractivity contribution is -0.446. The fourth-order valence-corrected chi connectivity index (χ4v) is 0.785. The van der Waals surface area contributed by atoms with Crippen LogP contribution in [0, 0.1) is 10.1 Å². The van der Waals surface area contributed by atoms with Crippen LogP contribution >= 0.6 is 0 Å². The average molecular weight is 200 g/mol. The quantitative estimate of drug-likeness (QED) is 0.513. The second kappa shape index (κ2) is 4.21. The third kappa shape index (κ3) is 2.44. The van der Waals surface area contributed by atoms with Gasteiger partial charge >= 0.3 is 0 Å². The minimum atomic E-state index is -0.821. The number of nitrogens with one attached hydrogen (secondary N) is 2. The molecule has 1 heterocycles. The summed E-state index contributed by atoms with van der Waals surface area (Å²) in [6.07, 6.45) is 1.12. The Bertz CT molecular complexity index is 388. The van der Waals surface area contributed by atoms with E-state index in [1.807, 2.05) is 0 Å². The highest BCUT2D eigenvalue weighted by molar-refractivity contribution is 5.24. The average Bonchev–Trinajstić information content (AvgIpc) is 2.09. The number of rotatable bonds is 4. The van der Waals surface area contributed by atoms with Crippen molar-refractivity contribution >= 4 is 5.95 Å². The Morgan fingerprint density at radius 3 is 3.00 bits per heavy atom. The molecule has 0 unspecified atom stereocenters. The molecule has 0 saturated carbocycles. The molecule has 0 saturated heterocycles. The van der Waals surface area contributed by atoms with Crippen LogP contribution in [-0.2, 0) is 0 Å².